The summed E-state index contributed by atoms with van der Waals surface area (Å²) in [5.41, 5.74) is 1.99. The summed E-state index contributed by atoms with van der Waals surface area (Å²) in [6.45, 7) is 0.981. The van der Waals surface area contributed by atoms with Crippen LogP contribution < -0.4 is 5.32 Å². The average Bonchev–Trinajstić information content (AvgIpc) is 3.10. The molecular formula is C13H15ClN4S. The van der Waals surface area contributed by atoms with Gasteiger partial charge in [-0.25, -0.2) is 9.67 Å². The van der Waals surface area contributed by atoms with Gasteiger partial charge in [0.1, 0.15) is 12.7 Å². The molecule has 0 radical (unpaired) electrons. The summed E-state index contributed by atoms with van der Waals surface area (Å²) < 4.78 is 1.75. The fourth-order valence-corrected chi connectivity index (χ4v) is 3.64. The smallest absolute Gasteiger partial charge is 0.138 e. The summed E-state index contributed by atoms with van der Waals surface area (Å²) in [5.74, 6) is 3.26. The second-order valence-electron chi connectivity index (χ2n) is 4.61. The Kier molecular flexibility index (Phi) is 3.94. The second kappa shape index (κ2) is 5.84. The summed E-state index contributed by atoms with van der Waals surface area (Å²) in [7, 11) is 0. The zero-order valence-electron chi connectivity index (χ0n) is 10.4. The van der Waals surface area contributed by atoms with Crippen LogP contribution in [0.4, 0.5) is 5.69 Å². The van der Waals surface area contributed by atoms with Crippen LogP contribution in [0.5, 0.6) is 0 Å². The Hall–Kier alpha value is -1.20. The van der Waals surface area contributed by atoms with Gasteiger partial charge in [0.05, 0.1) is 11.4 Å². The molecule has 4 nitrogen and oxygen atoms in total. The average molecular weight is 295 g/mol. The minimum absolute atomic E-state index is 0.729. The van der Waals surface area contributed by atoms with Gasteiger partial charge in [0, 0.05) is 11.6 Å². The molecule has 1 atom stereocenters. The highest BCUT2D eigenvalue weighted by Crippen LogP contribution is 2.27. The van der Waals surface area contributed by atoms with Gasteiger partial charge in [-0.1, -0.05) is 11.6 Å². The monoisotopic (exact) mass is 294 g/mol. The van der Waals surface area contributed by atoms with E-state index in [4.69, 9.17) is 11.6 Å². The highest BCUT2D eigenvalue weighted by Gasteiger charge is 2.16. The normalized spacial score (nSPS) is 18.7. The second-order valence-corrected chi connectivity index (χ2v) is 6.20. The quantitative estimate of drug-likeness (QED) is 0.941. The van der Waals surface area contributed by atoms with Crippen molar-refractivity contribution in [3.63, 3.8) is 0 Å². The minimum atomic E-state index is 0.729. The third kappa shape index (κ3) is 3.04. The van der Waals surface area contributed by atoms with Gasteiger partial charge in [-0.05, 0) is 42.0 Å². The van der Waals surface area contributed by atoms with E-state index in [0.29, 0.717) is 0 Å². The van der Waals surface area contributed by atoms with Crippen LogP contribution in [-0.2, 0) is 0 Å². The van der Waals surface area contributed by atoms with Crippen LogP contribution >= 0.6 is 23.4 Å². The number of hydrogen-bond donors (Lipinski definition) is 1. The Morgan fingerprint density at radius 3 is 3.16 bits per heavy atom. The molecule has 100 valence electrons. The Bertz CT molecular complexity index is 538. The largest absolute Gasteiger partial charge is 0.383 e. The number of nitrogens with one attached hydrogen (secondary N) is 1. The van der Waals surface area contributed by atoms with Gasteiger partial charge < -0.3 is 5.32 Å². The zero-order valence-corrected chi connectivity index (χ0v) is 12.0. The summed E-state index contributed by atoms with van der Waals surface area (Å²) in [6, 6.07) is 5.78. The third-order valence-electron chi connectivity index (χ3n) is 3.23. The zero-order chi connectivity index (χ0) is 13.1. The van der Waals surface area contributed by atoms with E-state index in [0.717, 1.165) is 28.9 Å². The van der Waals surface area contributed by atoms with Gasteiger partial charge in [-0.2, -0.15) is 16.9 Å². The number of thioether (sulfide) groups is 1. The van der Waals surface area contributed by atoms with Gasteiger partial charge in [0.15, 0.2) is 0 Å². The van der Waals surface area contributed by atoms with Crippen molar-refractivity contribution in [3.8, 4) is 5.69 Å². The highest BCUT2D eigenvalue weighted by atomic mass is 35.5. The molecule has 1 fully saturated rings. The van der Waals surface area contributed by atoms with Crippen LogP contribution in [-0.4, -0.2) is 32.8 Å². The van der Waals surface area contributed by atoms with Crippen molar-refractivity contribution in [3.05, 3.63) is 35.9 Å². The lowest BCUT2D eigenvalue weighted by atomic mass is 10.1. The number of aromatic nitrogens is 3. The van der Waals surface area contributed by atoms with Crippen molar-refractivity contribution in [2.75, 3.05) is 23.4 Å². The summed E-state index contributed by atoms with van der Waals surface area (Å²) in [5, 5.41) is 8.40. The molecule has 0 saturated carbocycles. The molecule has 1 N–H and O–H groups in total. The number of halogens is 1. The molecule has 0 amide bonds. The first-order valence-corrected chi connectivity index (χ1v) is 7.82. The fraction of sp³-hybridized carbons (Fsp3) is 0.385. The Balaban J connectivity index is 1.80. The molecule has 1 saturated heterocycles. The molecule has 2 heterocycles. The van der Waals surface area contributed by atoms with Crippen LogP contribution in [0.1, 0.15) is 6.42 Å². The molecule has 0 spiro atoms. The van der Waals surface area contributed by atoms with Crippen LogP contribution in [0.25, 0.3) is 5.69 Å². The van der Waals surface area contributed by atoms with Crippen molar-refractivity contribution < 1.29 is 0 Å². The predicted octanol–water partition coefficient (Wildman–Crippen LogP) is 3.09. The maximum absolute atomic E-state index is 6.08. The molecule has 1 aliphatic heterocycles. The molecule has 0 bridgehead atoms. The molecule has 6 heteroatoms. The van der Waals surface area contributed by atoms with Crippen molar-refractivity contribution in [2.24, 2.45) is 5.92 Å². The molecule has 1 aromatic heterocycles. The lowest BCUT2D eigenvalue weighted by Crippen LogP contribution is -2.15. The van der Waals surface area contributed by atoms with Crippen LogP contribution in [0.2, 0.25) is 5.02 Å². The van der Waals surface area contributed by atoms with Crippen LogP contribution in [0, 0.1) is 5.92 Å². The Morgan fingerprint density at radius 2 is 2.42 bits per heavy atom. The maximum Gasteiger partial charge on any atom is 0.138 e. The molecule has 3 rings (SSSR count). The first-order valence-electron chi connectivity index (χ1n) is 6.29. The predicted molar refractivity (Wildman–Crippen MR) is 80.3 cm³/mol. The topological polar surface area (TPSA) is 42.7 Å². The van der Waals surface area contributed by atoms with E-state index in [1.54, 1.807) is 11.0 Å². The van der Waals surface area contributed by atoms with Gasteiger partial charge in [0.25, 0.3) is 0 Å². The molecule has 19 heavy (non-hydrogen) atoms. The number of rotatable bonds is 4. The van der Waals surface area contributed by atoms with E-state index in [2.05, 4.69) is 15.4 Å². The summed E-state index contributed by atoms with van der Waals surface area (Å²) in [6.07, 6.45) is 4.52. The summed E-state index contributed by atoms with van der Waals surface area (Å²) >= 11 is 8.11. The SMILES string of the molecule is Clc1ccc(-n2cncn2)c(NCC2CCSC2)c1. The minimum Gasteiger partial charge on any atom is -0.383 e. The lowest BCUT2D eigenvalue weighted by Gasteiger charge is -2.15. The first kappa shape index (κ1) is 12.8. The molecular weight excluding hydrogens is 280 g/mol. The summed E-state index contributed by atoms with van der Waals surface area (Å²) in [4.78, 5) is 3.99. The maximum atomic E-state index is 6.08. The number of benzene rings is 1. The van der Waals surface area contributed by atoms with E-state index < -0.39 is 0 Å². The first-order chi connectivity index (χ1) is 9.33. The van der Waals surface area contributed by atoms with Gasteiger partial charge in [-0.15, -0.1) is 0 Å². The van der Waals surface area contributed by atoms with E-state index in [9.17, 15) is 0 Å². The Labute approximate surface area is 121 Å². The molecule has 1 unspecified atom stereocenters. The van der Waals surface area contributed by atoms with E-state index in [1.807, 2.05) is 30.0 Å². The van der Waals surface area contributed by atoms with E-state index >= 15 is 0 Å². The van der Waals surface area contributed by atoms with E-state index in [-0.39, 0.29) is 0 Å². The van der Waals surface area contributed by atoms with E-state index in [1.165, 1.54) is 24.3 Å². The standard InChI is InChI=1S/C13H15ClN4S/c14-11-1-2-13(18-9-15-8-17-18)12(5-11)16-6-10-3-4-19-7-10/h1-2,5,8-10,16H,3-4,6-7H2. The van der Waals surface area contributed by atoms with Gasteiger partial charge in [-0.3, -0.25) is 0 Å². The van der Waals surface area contributed by atoms with Crippen molar-refractivity contribution in [1.82, 2.24) is 14.8 Å². The Morgan fingerprint density at radius 1 is 1.47 bits per heavy atom. The van der Waals surface area contributed by atoms with Crippen LogP contribution in [0.15, 0.2) is 30.9 Å². The van der Waals surface area contributed by atoms with Gasteiger partial charge >= 0.3 is 0 Å². The van der Waals surface area contributed by atoms with Crippen molar-refractivity contribution >= 4 is 29.1 Å². The van der Waals surface area contributed by atoms with Crippen LogP contribution in [0.3, 0.4) is 0 Å². The number of nitrogens with zero attached hydrogens (tertiary/aromatic N) is 3. The molecule has 0 aliphatic carbocycles. The third-order valence-corrected chi connectivity index (χ3v) is 4.70. The highest BCUT2D eigenvalue weighted by molar-refractivity contribution is 7.99. The molecule has 1 aliphatic rings. The number of anilines is 1. The lowest BCUT2D eigenvalue weighted by molar-refractivity contribution is 0.631. The number of hydrogen-bond acceptors (Lipinski definition) is 4. The van der Waals surface area contributed by atoms with Crippen molar-refractivity contribution in [2.45, 2.75) is 6.42 Å². The van der Waals surface area contributed by atoms with Gasteiger partial charge in [0.2, 0.25) is 0 Å². The molecule has 1 aromatic carbocycles. The fourth-order valence-electron chi connectivity index (χ4n) is 2.18. The van der Waals surface area contributed by atoms with Crippen molar-refractivity contribution in [1.29, 1.82) is 0 Å². The molecule has 2 aromatic rings.